The van der Waals surface area contributed by atoms with Crippen molar-refractivity contribution in [2.24, 2.45) is 5.92 Å². The summed E-state index contributed by atoms with van der Waals surface area (Å²) in [6.07, 6.45) is 5.62. The van der Waals surface area contributed by atoms with E-state index in [1.165, 1.54) is 19.3 Å². The molecular weight excluding hydrogens is 204 g/mol. The number of hydrogen-bond donors (Lipinski definition) is 0. The van der Waals surface area contributed by atoms with Crippen molar-refractivity contribution in [2.75, 3.05) is 7.11 Å². The Kier molecular flexibility index (Phi) is 3.78. The zero-order valence-electron chi connectivity index (χ0n) is 9.70. The predicted octanol–water partition coefficient (Wildman–Crippen LogP) is 3.19. The summed E-state index contributed by atoms with van der Waals surface area (Å²) in [6.45, 7) is 0.429. The van der Waals surface area contributed by atoms with Crippen molar-refractivity contribution in [1.82, 2.24) is 0 Å². The van der Waals surface area contributed by atoms with Crippen LogP contribution >= 0.6 is 0 Å². The van der Waals surface area contributed by atoms with Crippen molar-refractivity contribution in [1.29, 1.82) is 0 Å². The summed E-state index contributed by atoms with van der Waals surface area (Å²) >= 11 is 0. The number of methoxy groups -OCH3 is 1. The third-order valence-corrected chi connectivity index (χ3v) is 3.17. The molecule has 0 aliphatic heterocycles. The van der Waals surface area contributed by atoms with Gasteiger partial charge in [-0.3, -0.25) is 4.79 Å². The van der Waals surface area contributed by atoms with Gasteiger partial charge in [0.2, 0.25) is 5.78 Å². The number of furan rings is 1. The van der Waals surface area contributed by atoms with Crippen molar-refractivity contribution in [3.63, 3.8) is 0 Å². The molecule has 16 heavy (non-hydrogen) atoms. The maximum atomic E-state index is 12.1. The van der Waals surface area contributed by atoms with E-state index in [9.17, 15) is 4.79 Å². The van der Waals surface area contributed by atoms with Gasteiger partial charge >= 0.3 is 0 Å². The lowest BCUT2D eigenvalue weighted by molar-refractivity contribution is 0.0852. The van der Waals surface area contributed by atoms with Crippen LogP contribution in [0.2, 0.25) is 0 Å². The van der Waals surface area contributed by atoms with E-state index in [-0.39, 0.29) is 11.7 Å². The second-order valence-corrected chi connectivity index (χ2v) is 4.40. The Morgan fingerprint density at radius 3 is 2.81 bits per heavy atom. The molecule has 0 saturated heterocycles. The van der Waals surface area contributed by atoms with Crippen LogP contribution in [0.4, 0.5) is 0 Å². The minimum absolute atomic E-state index is 0.169. The number of carbonyl (C=O) groups excluding carboxylic acids is 1. The van der Waals surface area contributed by atoms with Gasteiger partial charge in [-0.1, -0.05) is 19.3 Å². The first-order chi connectivity index (χ1) is 7.81. The zero-order chi connectivity index (χ0) is 11.4. The fourth-order valence-corrected chi connectivity index (χ4v) is 2.30. The van der Waals surface area contributed by atoms with Crippen molar-refractivity contribution >= 4 is 5.78 Å². The highest BCUT2D eigenvalue weighted by Gasteiger charge is 2.24. The number of rotatable bonds is 4. The van der Waals surface area contributed by atoms with E-state index < -0.39 is 0 Å². The third kappa shape index (κ3) is 2.53. The fraction of sp³-hybridized carbons (Fsp3) is 0.615. The number of Topliss-reactive ketones (excluding diaryl/α,β-unsaturated/α-hetero) is 1. The molecule has 0 spiro atoms. The monoisotopic (exact) mass is 222 g/mol. The highest BCUT2D eigenvalue weighted by Crippen LogP contribution is 2.27. The van der Waals surface area contributed by atoms with Crippen LogP contribution in [0.3, 0.4) is 0 Å². The quantitative estimate of drug-likeness (QED) is 0.734. The lowest BCUT2D eigenvalue weighted by atomic mass is 9.85. The largest absolute Gasteiger partial charge is 0.456 e. The standard InChI is InChI=1S/C13H18O3/c1-15-9-11-7-8-12(16-11)13(14)10-5-3-2-4-6-10/h7-8,10H,2-6,9H2,1H3. The van der Waals surface area contributed by atoms with E-state index >= 15 is 0 Å². The maximum Gasteiger partial charge on any atom is 0.201 e. The molecule has 1 fully saturated rings. The van der Waals surface area contributed by atoms with Crippen LogP contribution < -0.4 is 0 Å². The Labute approximate surface area is 95.8 Å². The molecule has 1 saturated carbocycles. The summed E-state index contributed by atoms with van der Waals surface area (Å²) in [5.41, 5.74) is 0. The van der Waals surface area contributed by atoms with Crippen LogP contribution in [0.25, 0.3) is 0 Å². The maximum absolute atomic E-state index is 12.1. The smallest absolute Gasteiger partial charge is 0.201 e. The van der Waals surface area contributed by atoms with E-state index in [1.54, 1.807) is 13.2 Å². The molecule has 3 heteroatoms. The fourth-order valence-electron chi connectivity index (χ4n) is 2.30. The Balaban J connectivity index is 2.01. The van der Waals surface area contributed by atoms with E-state index in [2.05, 4.69) is 0 Å². The summed E-state index contributed by atoms with van der Waals surface area (Å²) in [6, 6.07) is 3.59. The molecule has 0 amide bonds. The Morgan fingerprint density at radius 2 is 2.12 bits per heavy atom. The molecule has 1 aliphatic carbocycles. The van der Waals surface area contributed by atoms with E-state index in [0.717, 1.165) is 18.6 Å². The molecule has 0 unspecified atom stereocenters. The lowest BCUT2D eigenvalue weighted by Crippen LogP contribution is -2.17. The van der Waals surface area contributed by atoms with Gasteiger partial charge in [0.25, 0.3) is 0 Å². The average Bonchev–Trinajstić information content (AvgIpc) is 2.78. The van der Waals surface area contributed by atoms with Crippen LogP contribution in [-0.4, -0.2) is 12.9 Å². The average molecular weight is 222 g/mol. The SMILES string of the molecule is COCc1ccc(C(=O)C2CCCCC2)o1. The van der Waals surface area contributed by atoms with Gasteiger partial charge in [0.05, 0.1) is 0 Å². The molecular formula is C13H18O3. The molecule has 2 rings (SSSR count). The number of carbonyl (C=O) groups is 1. The molecule has 0 atom stereocenters. The van der Waals surface area contributed by atoms with Crippen LogP contribution in [0.15, 0.2) is 16.5 Å². The van der Waals surface area contributed by atoms with E-state index in [1.807, 2.05) is 6.07 Å². The first-order valence-electron chi connectivity index (χ1n) is 5.93. The van der Waals surface area contributed by atoms with E-state index in [4.69, 9.17) is 9.15 Å². The van der Waals surface area contributed by atoms with Crippen molar-refractivity contribution in [3.8, 4) is 0 Å². The van der Waals surface area contributed by atoms with Crippen LogP contribution in [0.1, 0.15) is 48.4 Å². The Hall–Kier alpha value is -1.09. The van der Waals surface area contributed by atoms with Crippen molar-refractivity contribution in [3.05, 3.63) is 23.7 Å². The normalized spacial score (nSPS) is 17.6. The molecule has 1 heterocycles. The van der Waals surface area contributed by atoms with Gasteiger partial charge in [-0.25, -0.2) is 0 Å². The minimum atomic E-state index is 0.169. The van der Waals surface area contributed by atoms with Gasteiger partial charge < -0.3 is 9.15 Å². The first kappa shape index (κ1) is 11.4. The molecule has 0 radical (unpaired) electrons. The summed E-state index contributed by atoms with van der Waals surface area (Å²) in [5, 5.41) is 0. The summed E-state index contributed by atoms with van der Waals surface area (Å²) in [5.74, 6) is 1.57. The molecule has 1 aliphatic rings. The van der Waals surface area contributed by atoms with Gasteiger partial charge in [-0.2, -0.15) is 0 Å². The van der Waals surface area contributed by atoms with Gasteiger partial charge in [-0.05, 0) is 25.0 Å². The number of ether oxygens (including phenoxy) is 1. The van der Waals surface area contributed by atoms with Crippen LogP contribution in [0, 0.1) is 5.92 Å². The zero-order valence-corrected chi connectivity index (χ0v) is 9.70. The van der Waals surface area contributed by atoms with Crippen LogP contribution in [-0.2, 0) is 11.3 Å². The molecule has 88 valence electrons. The minimum Gasteiger partial charge on any atom is -0.456 e. The molecule has 0 bridgehead atoms. The van der Waals surface area contributed by atoms with E-state index in [0.29, 0.717) is 12.4 Å². The highest BCUT2D eigenvalue weighted by molar-refractivity contribution is 5.95. The number of hydrogen-bond acceptors (Lipinski definition) is 3. The lowest BCUT2D eigenvalue weighted by Gasteiger charge is -2.18. The first-order valence-corrected chi connectivity index (χ1v) is 5.93. The Bertz CT molecular complexity index is 348. The Morgan fingerprint density at radius 1 is 1.38 bits per heavy atom. The van der Waals surface area contributed by atoms with Crippen molar-refractivity contribution < 1.29 is 13.9 Å². The highest BCUT2D eigenvalue weighted by atomic mass is 16.5. The predicted molar refractivity (Wildman–Crippen MR) is 60.3 cm³/mol. The molecule has 0 aromatic carbocycles. The molecule has 3 nitrogen and oxygen atoms in total. The third-order valence-electron chi connectivity index (χ3n) is 3.17. The van der Waals surface area contributed by atoms with Gasteiger partial charge in [0, 0.05) is 13.0 Å². The van der Waals surface area contributed by atoms with Gasteiger partial charge in [0.15, 0.2) is 5.76 Å². The second-order valence-electron chi connectivity index (χ2n) is 4.40. The topological polar surface area (TPSA) is 39.4 Å². The van der Waals surface area contributed by atoms with Gasteiger partial charge in [-0.15, -0.1) is 0 Å². The summed E-state index contributed by atoms with van der Waals surface area (Å²) < 4.78 is 10.4. The van der Waals surface area contributed by atoms with Gasteiger partial charge in [0.1, 0.15) is 12.4 Å². The van der Waals surface area contributed by atoms with Crippen LogP contribution in [0.5, 0.6) is 0 Å². The second kappa shape index (κ2) is 5.30. The molecule has 1 aromatic rings. The molecule has 0 N–H and O–H groups in total. The summed E-state index contributed by atoms with van der Waals surface area (Å²) in [4.78, 5) is 12.1. The summed E-state index contributed by atoms with van der Waals surface area (Å²) in [7, 11) is 1.62. The van der Waals surface area contributed by atoms with Crippen molar-refractivity contribution in [2.45, 2.75) is 38.7 Å². The number of ketones is 1. The molecule has 1 aromatic heterocycles.